The molecule has 0 aliphatic rings. The normalized spacial score (nSPS) is 10.1. The Morgan fingerprint density at radius 2 is 2.08 bits per heavy atom. The molecule has 26 heavy (non-hydrogen) atoms. The van der Waals surface area contributed by atoms with Crippen LogP contribution in [0.25, 0.3) is 0 Å². The molecule has 0 aliphatic carbocycles. The number of aromatic nitrogens is 4. The average molecular weight is 366 g/mol. The van der Waals surface area contributed by atoms with Crippen molar-refractivity contribution >= 4 is 22.5 Å². The van der Waals surface area contributed by atoms with Gasteiger partial charge in [0.05, 0.1) is 17.7 Å². The molecule has 3 heterocycles. The maximum Gasteiger partial charge on any atom is 0.321 e. The number of hydrogen-bond acceptors (Lipinski definition) is 5. The lowest BCUT2D eigenvalue weighted by molar-refractivity contribution is 0.251. The SMILES string of the molecule is Cc1cn(CCNC(=O)Nc2nc(C)c(C#Cc3ccncc3)s2)cn1. The van der Waals surface area contributed by atoms with Crippen molar-refractivity contribution in [1.82, 2.24) is 24.8 Å². The lowest BCUT2D eigenvalue weighted by atomic mass is 10.2. The molecule has 8 heteroatoms. The molecule has 3 aromatic rings. The molecule has 0 bridgehead atoms. The predicted molar refractivity (Wildman–Crippen MR) is 101 cm³/mol. The molecule has 0 fully saturated rings. The van der Waals surface area contributed by atoms with Gasteiger partial charge in [-0.1, -0.05) is 17.3 Å². The highest BCUT2D eigenvalue weighted by Gasteiger charge is 2.08. The van der Waals surface area contributed by atoms with E-state index in [0.717, 1.165) is 21.8 Å². The number of carbonyl (C=O) groups is 1. The van der Waals surface area contributed by atoms with Crippen molar-refractivity contribution in [1.29, 1.82) is 0 Å². The van der Waals surface area contributed by atoms with E-state index in [9.17, 15) is 4.79 Å². The molecule has 7 nitrogen and oxygen atoms in total. The van der Waals surface area contributed by atoms with E-state index in [1.54, 1.807) is 18.7 Å². The summed E-state index contributed by atoms with van der Waals surface area (Å²) >= 11 is 1.35. The molecule has 0 saturated carbocycles. The van der Waals surface area contributed by atoms with Crippen LogP contribution in [0.5, 0.6) is 0 Å². The van der Waals surface area contributed by atoms with E-state index in [0.29, 0.717) is 18.2 Å². The number of rotatable bonds is 4. The van der Waals surface area contributed by atoms with Crippen LogP contribution < -0.4 is 10.6 Å². The highest BCUT2D eigenvalue weighted by Crippen LogP contribution is 2.21. The van der Waals surface area contributed by atoms with Crippen molar-refractivity contribution in [2.75, 3.05) is 11.9 Å². The molecule has 132 valence electrons. The number of nitrogens with one attached hydrogen (secondary N) is 2. The second-order valence-corrected chi connectivity index (χ2v) is 6.55. The molecular weight excluding hydrogens is 348 g/mol. The third kappa shape index (κ3) is 4.91. The summed E-state index contributed by atoms with van der Waals surface area (Å²) in [5.74, 6) is 6.15. The lowest BCUT2D eigenvalue weighted by Gasteiger charge is -2.05. The fourth-order valence-electron chi connectivity index (χ4n) is 2.16. The van der Waals surface area contributed by atoms with Crippen LogP contribution in [0.3, 0.4) is 0 Å². The van der Waals surface area contributed by atoms with Crippen LogP contribution in [0.15, 0.2) is 37.1 Å². The molecule has 0 aromatic carbocycles. The molecule has 0 atom stereocenters. The Kier molecular flexibility index (Phi) is 5.61. The molecule has 0 saturated heterocycles. The van der Waals surface area contributed by atoms with Gasteiger partial charge in [0.1, 0.15) is 4.88 Å². The molecule has 3 aromatic heterocycles. The van der Waals surface area contributed by atoms with Gasteiger partial charge in [0.25, 0.3) is 0 Å². The van der Waals surface area contributed by atoms with Crippen molar-refractivity contribution in [3.8, 4) is 11.8 Å². The van der Waals surface area contributed by atoms with Crippen LogP contribution in [-0.4, -0.2) is 32.1 Å². The Morgan fingerprint density at radius 1 is 1.27 bits per heavy atom. The first kappa shape index (κ1) is 17.6. The van der Waals surface area contributed by atoms with Gasteiger partial charge < -0.3 is 9.88 Å². The van der Waals surface area contributed by atoms with E-state index in [2.05, 4.69) is 37.4 Å². The number of amides is 2. The van der Waals surface area contributed by atoms with Gasteiger partial charge in [-0.2, -0.15) is 0 Å². The summed E-state index contributed by atoms with van der Waals surface area (Å²) in [4.78, 5) is 25.3. The Labute approximate surface area is 155 Å². The second-order valence-electron chi connectivity index (χ2n) is 5.55. The summed E-state index contributed by atoms with van der Waals surface area (Å²) in [6, 6.07) is 3.40. The van der Waals surface area contributed by atoms with Crippen molar-refractivity contribution in [3.05, 3.63) is 58.9 Å². The number of pyridine rings is 1. The van der Waals surface area contributed by atoms with Crippen molar-refractivity contribution < 1.29 is 4.79 Å². The summed E-state index contributed by atoms with van der Waals surface area (Å²) in [6.07, 6.45) is 7.07. The van der Waals surface area contributed by atoms with Gasteiger partial charge in [0.15, 0.2) is 5.13 Å². The smallest absolute Gasteiger partial charge is 0.321 e. The van der Waals surface area contributed by atoms with E-state index in [1.165, 1.54) is 11.3 Å². The Hall–Kier alpha value is -3.18. The minimum absolute atomic E-state index is 0.288. The monoisotopic (exact) mass is 366 g/mol. The molecule has 0 radical (unpaired) electrons. The average Bonchev–Trinajstić information content (AvgIpc) is 3.19. The minimum atomic E-state index is -0.288. The van der Waals surface area contributed by atoms with Gasteiger partial charge in [-0.15, -0.1) is 0 Å². The van der Waals surface area contributed by atoms with E-state index in [4.69, 9.17) is 0 Å². The molecule has 0 aliphatic heterocycles. The van der Waals surface area contributed by atoms with Crippen LogP contribution >= 0.6 is 11.3 Å². The van der Waals surface area contributed by atoms with Crippen LogP contribution in [-0.2, 0) is 6.54 Å². The Balaban J connectivity index is 1.53. The maximum atomic E-state index is 12.0. The predicted octanol–water partition coefficient (Wildman–Crippen LogP) is 2.57. The number of imidazole rings is 1. The van der Waals surface area contributed by atoms with Crippen LogP contribution in [0.4, 0.5) is 9.93 Å². The first-order chi connectivity index (χ1) is 12.6. The zero-order valence-corrected chi connectivity index (χ0v) is 15.3. The lowest BCUT2D eigenvalue weighted by Crippen LogP contribution is -2.31. The van der Waals surface area contributed by atoms with Gasteiger partial charge in [0, 0.05) is 37.2 Å². The largest absolute Gasteiger partial charge is 0.336 e. The molecule has 0 spiro atoms. The van der Waals surface area contributed by atoms with Crippen molar-refractivity contribution in [2.24, 2.45) is 0 Å². The summed E-state index contributed by atoms with van der Waals surface area (Å²) < 4.78 is 1.93. The second kappa shape index (κ2) is 8.27. The fraction of sp³-hybridized carbons (Fsp3) is 0.222. The third-order valence-corrected chi connectivity index (χ3v) is 4.42. The number of hydrogen-bond donors (Lipinski definition) is 2. The quantitative estimate of drug-likeness (QED) is 0.695. The first-order valence-corrected chi connectivity index (χ1v) is 8.84. The molecule has 2 amide bonds. The summed E-state index contributed by atoms with van der Waals surface area (Å²) in [7, 11) is 0. The van der Waals surface area contributed by atoms with E-state index in [1.807, 2.05) is 36.7 Å². The van der Waals surface area contributed by atoms with Gasteiger partial charge >= 0.3 is 6.03 Å². The van der Waals surface area contributed by atoms with Gasteiger partial charge in [-0.05, 0) is 31.9 Å². The number of aryl methyl sites for hydroxylation is 2. The topological polar surface area (TPSA) is 84.7 Å². The summed E-state index contributed by atoms with van der Waals surface area (Å²) in [5.41, 5.74) is 2.63. The number of nitrogens with zero attached hydrogens (tertiary/aromatic N) is 4. The standard InChI is InChI=1S/C18H18N6OS/c1-13-11-24(12-21-13)10-9-20-17(25)23-18-22-14(2)16(26-18)4-3-15-5-7-19-8-6-15/h5-8,11-12H,9-10H2,1-2H3,(H2,20,22,23,25). The van der Waals surface area contributed by atoms with Crippen LogP contribution in [0, 0.1) is 25.7 Å². The Bertz CT molecular complexity index is 951. The summed E-state index contributed by atoms with van der Waals surface area (Å²) in [6.45, 7) is 4.96. The summed E-state index contributed by atoms with van der Waals surface area (Å²) in [5, 5.41) is 6.07. The number of urea groups is 1. The Morgan fingerprint density at radius 3 is 2.81 bits per heavy atom. The zero-order valence-electron chi connectivity index (χ0n) is 14.5. The number of carbonyl (C=O) groups excluding carboxylic acids is 1. The van der Waals surface area contributed by atoms with Gasteiger partial charge in [0.2, 0.25) is 0 Å². The molecule has 3 rings (SSSR count). The van der Waals surface area contributed by atoms with Gasteiger partial charge in [-0.25, -0.2) is 14.8 Å². The number of thiazole rings is 1. The van der Waals surface area contributed by atoms with Crippen LogP contribution in [0.2, 0.25) is 0 Å². The van der Waals surface area contributed by atoms with Crippen LogP contribution in [0.1, 0.15) is 21.8 Å². The molecular formula is C18H18N6OS. The molecule has 0 unspecified atom stereocenters. The first-order valence-electron chi connectivity index (χ1n) is 8.03. The minimum Gasteiger partial charge on any atom is -0.336 e. The van der Waals surface area contributed by atoms with E-state index >= 15 is 0 Å². The maximum absolute atomic E-state index is 12.0. The number of anilines is 1. The van der Waals surface area contributed by atoms with E-state index < -0.39 is 0 Å². The highest BCUT2D eigenvalue weighted by molar-refractivity contribution is 7.16. The highest BCUT2D eigenvalue weighted by atomic mass is 32.1. The van der Waals surface area contributed by atoms with Crippen molar-refractivity contribution in [3.63, 3.8) is 0 Å². The third-order valence-electron chi connectivity index (χ3n) is 3.44. The zero-order chi connectivity index (χ0) is 18.4. The van der Waals surface area contributed by atoms with Crippen molar-refractivity contribution in [2.45, 2.75) is 20.4 Å². The fourth-order valence-corrected chi connectivity index (χ4v) is 2.98. The van der Waals surface area contributed by atoms with Gasteiger partial charge in [-0.3, -0.25) is 10.3 Å². The molecule has 2 N–H and O–H groups in total. The van der Waals surface area contributed by atoms with E-state index in [-0.39, 0.29) is 6.03 Å².